The van der Waals surface area contributed by atoms with Crippen molar-refractivity contribution in [3.8, 4) is 5.75 Å². The molecule has 0 aliphatic carbocycles. The minimum atomic E-state index is 0.506. The Balaban J connectivity index is 3.05. The fourth-order valence-electron chi connectivity index (χ4n) is 1.04. The van der Waals surface area contributed by atoms with Gasteiger partial charge >= 0.3 is 0 Å². The van der Waals surface area contributed by atoms with Gasteiger partial charge < -0.3 is 16.4 Å². The normalized spacial score (nSPS) is 11.9. The third-order valence-electron chi connectivity index (χ3n) is 1.70. The van der Waals surface area contributed by atoms with Gasteiger partial charge in [-0.3, -0.25) is 0 Å². The zero-order chi connectivity index (χ0) is 10.4. The molecule has 0 radical (unpaired) electrons. The first kappa shape index (κ1) is 10.0. The van der Waals surface area contributed by atoms with Crippen molar-refractivity contribution < 1.29 is 4.74 Å². The van der Waals surface area contributed by atoms with Gasteiger partial charge in [-0.1, -0.05) is 12.1 Å². The van der Waals surface area contributed by atoms with Crippen LogP contribution in [-0.2, 0) is 0 Å². The standard InChI is InChI=1S/C9H12N4O/c1-14-8-4-2-3-7(5-8)9(13-11)6-12-10/h2-6H,10-11H2,1H3/b12-6+,13-9+. The fourth-order valence-corrected chi connectivity index (χ4v) is 1.04. The molecule has 0 fully saturated rings. The van der Waals surface area contributed by atoms with E-state index in [9.17, 15) is 0 Å². The molecule has 1 rings (SSSR count). The summed E-state index contributed by atoms with van der Waals surface area (Å²) in [5, 5.41) is 6.92. The maximum atomic E-state index is 5.18. The van der Waals surface area contributed by atoms with Gasteiger partial charge in [-0.2, -0.15) is 10.2 Å². The predicted octanol–water partition coefficient (Wildman–Crippen LogP) is 0.302. The van der Waals surface area contributed by atoms with Crippen molar-refractivity contribution >= 4 is 11.9 Å². The van der Waals surface area contributed by atoms with Gasteiger partial charge in [0.05, 0.1) is 13.3 Å². The van der Waals surface area contributed by atoms with Crippen LogP contribution in [-0.4, -0.2) is 19.0 Å². The molecule has 74 valence electrons. The van der Waals surface area contributed by atoms with Gasteiger partial charge in [-0.25, -0.2) is 0 Å². The number of hydrogen-bond acceptors (Lipinski definition) is 5. The van der Waals surface area contributed by atoms with E-state index >= 15 is 0 Å². The summed E-state index contributed by atoms with van der Waals surface area (Å²) in [4.78, 5) is 0. The van der Waals surface area contributed by atoms with Crippen LogP contribution in [0, 0.1) is 0 Å². The third-order valence-corrected chi connectivity index (χ3v) is 1.70. The summed E-state index contributed by atoms with van der Waals surface area (Å²) >= 11 is 0. The lowest BCUT2D eigenvalue weighted by atomic mass is 10.1. The van der Waals surface area contributed by atoms with E-state index < -0.39 is 0 Å². The molecule has 0 unspecified atom stereocenters. The molecule has 4 N–H and O–H groups in total. The lowest BCUT2D eigenvalue weighted by molar-refractivity contribution is 0.414. The Morgan fingerprint density at radius 2 is 2.21 bits per heavy atom. The Labute approximate surface area is 82.1 Å². The Hall–Kier alpha value is -2.04. The molecule has 5 heteroatoms. The van der Waals surface area contributed by atoms with Crippen molar-refractivity contribution in [1.29, 1.82) is 0 Å². The highest BCUT2D eigenvalue weighted by atomic mass is 16.5. The number of ether oxygens (including phenoxy) is 1. The summed E-state index contributed by atoms with van der Waals surface area (Å²) in [6.45, 7) is 0. The predicted molar refractivity (Wildman–Crippen MR) is 56.4 cm³/mol. The summed E-state index contributed by atoms with van der Waals surface area (Å²) in [6.07, 6.45) is 1.38. The molecule has 0 heterocycles. The lowest BCUT2D eigenvalue weighted by Crippen LogP contribution is -2.07. The number of benzene rings is 1. The maximum Gasteiger partial charge on any atom is 0.119 e. The van der Waals surface area contributed by atoms with Crippen molar-refractivity contribution in [3.63, 3.8) is 0 Å². The molecular formula is C9H12N4O. The van der Waals surface area contributed by atoms with Crippen LogP contribution >= 0.6 is 0 Å². The summed E-state index contributed by atoms with van der Waals surface area (Å²) in [6, 6.07) is 7.31. The quantitative estimate of drug-likeness (QED) is 0.410. The minimum Gasteiger partial charge on any atom is -0.497 e. The van der Waals surface area contributed by atoms with Gasteiger partial charge in [0, 0.05) is 5.56 Å². The van der Waals surface area contributed by atoms with Crippen molar-refractivity contribution in [3.05, 3.63) is 29.8 Å². The average molecular weight is 192 g/mol. The zero-order valence-corrected chi connectivity index (χ0v) is 7.84. The molecule has 0 saturated heterocycles. The van der Waals surface area contributed by atoms with Gasteiger partial charge in [0.2, 0.25) is 0 Å². The Morgan fingerprint density at radius 1 is 1.43 bits per heavy atom. The van der Waals surface area contributed by atoms with Crippen LogP contribution in [0.15, 0.2) is 34.5 Å². The van der Waals surface area contributed by atoms with Crippen LogP contribution in [0.1, 0.15) is 5.56 Å². The molecular weight excluding hydrogens is 180 g/mol. The van der Waals surface area contributed by atoms with E-state index in [-0.39, 0.29) is 0 Å². The Kier molecular flexibility index (Phi) is 3.49. The average Bonchev–Trinajstić information content (AvgIpc) is 2.26. The molecule has 0 bridgehead atoms. The number of methoxy groups -OCH3 is 1. The SMILES string of the molecule is COc1cccc(C(/C=N/N)=N/N)c1. The molecule has 0 saturated carbocycles. The van der Waals surface area contributed by atoms with Crippen molar-refractivity contribution in [2.45, 2.75) is 0 Å². The van der Waals surface area contributed by atoms with Crippen LogP contribution in [0.5, 0.6) is 5.75 Å². The molecule has 0 aliphatic heterocycles. The van der Waals surface area contributed by atoms with Gasteiger partial charge in [0.1, 0.15) is 11.5 Å². The van der Waals surface area contributed by atoms with Gasteiger partial charge in [0.25, 0.3) is 0 Å². The molecule has 0 aromatic heterocycles. The van der Waals surface area contributed by atoms with Crippen LogP contribution in [0.2, 0.25) is 0 Å². The van der Waals surface area contributed by atoms with Gasteiger partial charge in [-0.15, -0.1) is 0 Å². The molecule has 0 aliphatic rings. The molecule has 1 aromatic carbocycles. The van der Waals surface area contributed by atoms with Crippen LogP contribution < -0.4 is 16.4 Å². The van der Waals surface area contributed by atoms with Gasteiger partial charge in [0.15, 0.2) is 0 Å². The topological polar surface area (TPSA) is 86.0 Å². The fraction of sp³-hybridized carbons (Fsp3) is 0.111. The Bertz CT molecular complexity index is 360. The zero-order valence-electron chi connectivity index (χ0n) is 7.84. The highest BCUT2D eigenvalue weighted by Crippen LogP contribution is 2.12. The van der Waals surface area contributed by atoms with E-state index in [1.165, 1.54) is 6.21 Å². The summed E-state index contributed by atoms with van der Waals surface area (Å²) < 4.78 is 5.06. The van der Waals surface area contributed by atoms with Crippen LogP contribution in [0.25, 0.3) is 0 Å². The second-order valence-electron chi connectivity index (χ2n) is 2.52. The smallest absolute Gasteiger partial charge is 0.119 e. The van der Waals surface area contributed by atoms with E-state index in [1.54, 1.807) is 13.2 Å². The van der Waals surface area contributed by atoms with E-state index in [1.807, 2.05) is 18.2 Å². The first-order valence-electron chi connectivity index (χ1n) is 3.97. The summed E-state index contributed by atoms with van der Waals surface area (Å²) in [5.41, 5.74) is 1.31. The second-order valence-corrected chi connectivity index (χ2v) is 2.52. The van der Waals surface area contributed by atoms with Crippen molar-refractivity contribution in [2.24, 2.45) is 21.9 Å². The number of rotatable bonds is 3. The largest absolute Gasteiger partial charge is 0.497 e. The van der Waals surface area contributed by atoms with E-state index in [2.05, 4.69) is 10.2 Å². The van der Waals surface area contributed by atoms with E-state index in [0.717, 1.165) is 11.3 Å². The lowest BCUT2D eigenvalue weighted by Gasteiger charge is -2.02. The summed E-state index contributed by atoms with van der Waals surface area (Å²) in [7, 11) is 1.59. The minimum absolute atomic E-state index is 0.506. The highest BCUT2D eigenvalue weighted by molar-refractivity contribution is 6.38. The highest BCUT2D eigenvalue weighted by Gasteiger charge is 2.01. The van der Waals surface area contributed by atoms with Gasteiger partial charge in [-0.05, 0) is 12.1 Å². The van der Waals surface area contributed by atoms with Crippen molar-refractivity contribution in [1.82, 2.24) is 0 Å². The molecule has 5 nitrogen and oxygen atoms in total. The number of nitrogens with zero attached hydrogens (tertiary/aromatic N) is 2. The second kappa shape index (κ2) is 4.86. The van der Waals surface area contributed by atoms with Crippen LogP contribution in [0.3, 0.4) is 0 Å². The van der Waals surface area contributed by atoms with Crippen molar-refractivity contribution in [2.75, 3.05) is 7.11 Å². The number of hydrogen-bond donors (Lipinski definition) is 2. The molecule has 1 aromatic rings. The Morgan fingerprint density at radius 3 is 2.79 bits per heavy atom. The molecule has 0 atom stereocenters. The van der Waals surface area contributed by atoms with Crippen LogP contribution in [0.4, 0.5) is 0 Å². The first-order chi connectivity index (χ1) is 6.81. The first-order valence-corrected chi connectivity index (χ1v) is 3.97. The maximum absolute atomic E-state index is 5.18. The number of nitrogens with two attached hydrogens (primary N) is 2. The monoisotopic (exact) mass is 192 g/mol. The molecule has 0 amide bonds. The molecule has 0 spiro atoms. The molecule has 14 heavy (non-hydrogen) atoms. The van der Waals surface area contributed by atoms with E-state index in [4.69, 9.17) is 16.4 Å². The van der Waals surface area contributed by atoms with E-state index in [0.29, 0.717) is 5.71 Å². The summed E-state index contributed by atoms with van der Waals surface area (Å²) in [5.74, 6) is 10.9. The number of hydrazone groups is 2. The third kappa shape index (κ3) is 2.22.